The Morgan fingerprint density at radius 3 is 2.65 bits per heavy atom. The van der Waals surface area contributed by atoms with Crippen LogP contribution < -0.4 is 5.32 Å². The number of rotatable bonds is 2. The molecular weight excluding hydrogens is 264 g/mol. The zero-order valence-corrected chi connectivity index (χ0v) is 11.4. The van der Waals surface area contributed by atoms with E-state index >= 15 is 0 Å². The van der Waals surface area contributed by atoms with Crippen molar-refractivity contribution < 1.29 is 19.2 Å². The molecule has 108 valence electrons. The van der Waals surface area contributed by atoms with Gasteiger partial charge in [-0.25, -0.2) is 5.01 Å². The van der Waals surface area contributed by atoms with E-state index in [1.165, 1.54) is 11.9 Å². The van der Waals surface area contributed by atoms with Gasteiger partial charge < -0.3 is 4.90 Å². The van der Waals surface area contributed by atoms with Crippen LogP contribution >= 0.6 is 0 Å². The van der Waals surface area contributed by atoms with Gasteiger partial charge in [-0.1, -0.05) is 6.92 Å². The van der Waals surface area contributed by atoms with Gasteiger partial charge in [-0.3, -0.25) is 24.5 Å². The first-order valence-electron chi connectivity index (χ1n) is 6.42. The fourth-order valence-electron chi connectivity index (χ4n) is 2.28. The lowest BCUT2D eigenvalue weighted by atomic mass is 10.1. The van der Waals surface area contributed by atoms with Crippen LogP contribution in [0.2, 0.25) is 0 Å². The number of nitrogens with one attached hydrogen (secondary N) is 1. The topological polar surface area (TPSA) is 99.2 Å². The summed E-state index contributed by atoms with van der Waals surface area (Å²) in [6, 6.07) is -0.675. The minimum atomic E-state index is -0.675. The Morgan fingerprint density at radius 2 is 2.05 bits per heavy atom. The lowest BCUT2D eigenvalue weighted by Crippen LogP contribution is -2.61. The molecule has 1 unspecified atom stereocenters. The molecule has 4 amide bonds. The highest BCUT2D eigenvalue weighted by molar-refractivity contribution is 6.40. The van der Waals surface area contributed by atoms with E-state index in [0.717, 1.165) is 5.01 Å². The largest absolute Gasteiger partial charge is 0.316 e. The van der Waals surface area contributed by atoms with Gasteiger partial charge in [-0.2, -0.15) is 5.10 Å². The van der Waals surface area contributed by atoms with Crippen LogP contribution in [0.4, 0.5) is 0 Å². The van der Waals surface area contributed by atoms with Gasteiger partial charge in [-0.15, -0.1) is 0 Å². The van der Waals surface area contributed by atoms with E-state index in [4.69, 9.17) is 0 Å². The number of imide groups is 1. The van der Waals surface area contributed by atoms with Crippen LogP contribution in [0.5, 0.6) is 0 Å². The van der Waals surface area contributed by atoms with Crippen molar-refractivity contribution in [3.63, 3.8) is 0 Å². The average molecular weight is 280 g/mol. The number of carbonyl (C=O) groups is 4. The van der Waals surface area contributed by atoms with E-state index in [-0.39, 0.29) is 31.0 Å². The Hall–Kier alpha value is -2.25. The molecule has 2 rings (SSSR count). The van der Waals surface area contributed by atoms with Gasteiger partial charge in [0.15, 0.2) is 0 Å². The van der Waals surface area contributed by atoms with Gasteiger partial charge in [0.05, 0.1) is 0 Å². The molecule has 2 aliphatic rings. The predicted molar refractivity (Wildman–Crippen MR) is 68.4 cm³/mol. The highest BCUT2D eigenvalue weighted by Crippen LogP contribution is 2.14. The quantitative estimate of drug-likeness (QED) is 0.646. The Balaban J connectivity index is 2.22. The molecule has 2 heterocycles. The van der Waals surface area contributed by atoms with Crippen LogP contribution in [0, 0.1) is 0 Å². The molecular formula is C12H16N4O4. The highest BCUT2D eigenvalue weighted by atomic mass is 16.2. The molecule has 1 saturated heterocycles. The Morgan fingerprint density at radius 1 is 1.35 bits per heavy atom. The molecule has 0 spiro atoms. The number of hydrogen-bond donors (Lipinski definition) is 1. The summed E-state index contributed by atoms with van der Waals surface area (Å²) < 4.78 is 0. The van der Waals surface area contributed by atoms with Gasteiger partial charge in [0.2, 0.25) is 17.7 Å². The molecule has 0 aromatic carbocycles. The number of piperazine rings is 1. The fourth-order valence-corrected chi connectivity index (χ4v) is 2.28. The lowest BCUT2D eigenvalue weighted by Gasteiger charge is -2.34. The number of amides is 4. The molecule has 8 heteroatoms. The number of nitrogens with zero attached hydrogens (tertiary/aromatic N) is 3. The Labute approximate surface area is 115 Å². The third-order valence-corrected chi connectivity index (χ3v) is 3.36. The Bertz CT molecular complexity index is 514. The second-order valence-electron chi connectivity index (χ2n) is 4.73. The van der Waals surface area contributed by atoms with Crippen molar-refractivity contribution in [2.24, 2.45) is 5.10 Å². The normalized spacial score (nSPS) is 23.6. The summed E-state index contributed by atoms with van der Waals surface area (Å²) in [6.07, 6.45) is 0.837. The second-order valence-corrected chi connectivity index (χ2v) is 4.73. The summed E-state index contributed by atoms with van der Waals surface area (Å²) in [6.45, 7) is 1.60. The maximum atomic E-state index is 12.4. The zero-order chi connectivity index (χ0) is 14.9. The second kappa shape index (κ2) is 5.40. The molecule has 20 heavy (non-hydrogen) atoms. The van der Waals surface area contributed by atoms with Gasteiger partial charge in [-0.05, 0) is 6.42 Å². The van der Waals surface area contributed by atoms with Crippen molar-refractivity contribution in [2.75, 3.05) is 13.6 Å². The standard InChI is InChI=1S/C12H16N4O4/c1-3-8-11(19)13-9(17)6-16(8)12(20)7-4-5-10(18)15(2)14-7/h8H,3-6H2,1-2H3,(H,13,17,19). The van der Waals surface area contributed by atoms with Crippen molar-refractivity contribution in [3.05, 3.63) is 0 Å². The van der Waals surface area contributed by atoms with E-state index in [9.17, 15) is 19.2 Å². The summed E-state index contributed by atoms with van der Waals surface area (Å²) in [4.78, 5) is 48.1. The van der Waals surface area contributed by atoms with E-state index in [2.05, 4.69) is 10.4 Å². The molecule has 1 N–H and O–H groups in total. The number of carbonyl (C=O) groups excluding carboxylic acids is 4. The molecule has 1 fully saturated rings. The summed E-state index contributed by atoms with van der Waals surface area (Å²) in [5.41, 5.74) is 0.202. The molecule has 0 aliphatic carbocycles. The molecule has 1 atom stereocenters. The van der Waals surface area contributed by atoms with Gasteiger partial charge >= 0.3 is 0 Å². The first-order chi connectivity index (χ1) is 9.43. The highest BCUT2D eigenvalue weighted by Gasteiger charge is 2.38. The van der Waals surface area contributed by atoms with E-state index in [1.807, 2.05) is 0 Å². The zero-order valence-electron chi connectivity index (χ0n) is 11.4. The summed E-state index contributed by atoms with van der Waals surface area (Å²) >= 11 is 0. The van der Waals surface area contributed by atoms with Crippen LogP contribution in [-0.4, -0.2) is 58.9 Å². The maximum Gasteiger partial charge on any atom is 0.271 e. The average Bonchev–Trinajstić information content (AvgIpc) is 2.40. The summed E-state index contributed by atoms with van der Waals surface area (Å²) in [7, 11) is 1.47. The van der Waals surface area contributed by atoms with Crippen LogP contribution in [-0.2, 0) is 19.2 Å². The third-order valence-electron chi connectivity index (χ3n) is 3.36. The molecule has 2 aliphatic heterocycles. The van der Waals surface area contributed by atoms with Crippen molar-refractivity contribution >= 4 is 29.3 Å². The van der Waals surface area contributed by atoms with Gasteiger partial charge in [0, 0.05) is 19.9 Å². The molecule has 0 radical (unpaired) electrons. The first kappa shape index (κ1) is 14.2. The molecule has 0 bridgehead atoms. The van der Waals surface area contributed by atoms with E-state index < -0.39 is 23.8 Å². The monoisotopic (exact) mass is 280 g/mol. The Kier molecular flexibility index (Phi) is 3.82. The number of hydrazone groups is 1. The SMILES string of the molecule is CCC1C(=O)NC(=O)CN1C(=O)C1=NN(C)C(=O)CC1. The first-order valence-corrected chi connectivity index (χ1v) is 6.42. The van der Waals surface area contributed by atoms with Crippen molar-refractivity contribution in [3.8, 4) is 0 Å². The van der Waals surface area contributed by atoms with Crippen LogP contribution in [0.15, 0.2) is 5.10 Å². The predicted octanol–water partition coefficient (Wildman–Crippen LogP) is -1.14. The van der Waals surface area contributed by atoms with E-state index in [1.54, 1.807) is 6.92 Å². The molecule has 0 aromatic rings. The summed E-state index contributed by atoms with van der Waals surface area (Å²) in [5, 5.41) is 7.25. The minimum absolute atomic E-state index is 0.166. The molecule has 8 nitrogen and oxygen atoms in total. The van der Waals surface area contributed by atoms with Crippen molar-refractivity contribution in [1.29, 1.82) is 0 Å². The molecule has 0 saturated carbocycles. The lowest BCUT2D eigenvalue weighted by molar-refractivity contribution is -0.147. The smallest absolute Gasteiger partial charge is 0.271 e. The van der Waals surface area contributed by atoms with Crippen LogP contribution in [0.1, 0.15) is 26.2 Å². The maximum absolute atomic E-state index is 12.4. The van der Waals surface area contributed by atoms with E-state index in [0.29, 0.717) is 6.42 Å². The third kappa shape index (κ3) is 2.54. The van der Waals surface area contributed by atoms with Crippen LogP contribution in [0.25, 0.3) is 0 Å². The van der Waals surface area contributed by atoms with Crippen molar-refractivity contribution in [1.82, 2.24) is 15.2 Å². The van der Waals surface area contributed by atoms with Crippen molar-refractivity contribution in [2.45, 2.75) is 32.2 Å². The fraction of sp³-hybridized carbons (Fsp3) is 0.583. The molecule has 0 aromatic heterocycles. The minimum Gasteiger partial charge on any atom is -0.316 e. The van der Waals surface area contributed by atoms with Gasteiger partial charge in [0.1, 0.15) is 18.3 Å². The van der Waals surface area contributed by atoms with Crippen LogP contribution in [0.3, 0.4) is 0 Å². The summed E-state index contributed by atoms with van der Waals surface area (Å²) in [5.74, 6) is -1.60. The number of hydrogen-bond acceptors (Lipinski definition) is 5. The van der Waals surface area contributed by atoms with Gasteiger partial charge in [0.25, 0.3) is 5.91 Å².